The van der Waals surface area contributed by atoms with Crippen LogP contribution >= 0.6 is 23.8 Å². The molecule has 1 saturated heterocycles. The van der Waals surface area contributed by atoms with Crippen LogP contribution in [0.3, 0.4) is 0 Å². The minimum absolute atomic E-state index is 0.110. The number of ether oxygens (including phenoxy) is 1. The molecule has 6 nitrogen and oxygen atoms in total. The number of benzene rings is 1. The first-order valence-corrected chi connectivity index (χ1v) is 11.7. The van der Waals surface area contributed by atoms with Gasteiger partial charge in [0.05, 0.1) is 36.8 Å². The Balaban J connectivity index is 1.82. The number of carbonyl (C=O) groups excluding carboxylic acids is 1. The van der Waals surface area contributed by atoms with Gasteiger partial charge in [0.25, 0.3) is 0 Å². The molecule has 33 heavy (non-hydrogen) atoms. The summed E-state index contributed by atoms with van der Waals surface area (Å²) in [7, 11) is 3.48. The number of hydrogen-bond acceptors (Lipinski definition) is 5. The lowest BCUT2D eigenvalue weighted by Gasteiger charge is -2.41. The Morgan fingerprint density at radius 2 is 2.09 bits per heavy atom. The van der Waals surface area contributed by atoms with E-state index in [4.69, 9.17) is 28.6 Å². The molecular formula is C25H29ClN4O2S. The van der Waals surface area contributed by atoms with Crippen molar-refractivity contribution in [3.8, 4) is 0 Å². The molecule has 3 heterocycles. The molecule has 0 unspecified atom stereocenters. The summed E-state index contributed by atoms with van der Waals surface area (Å²) in [6.45, 7) is 6.92. The minimum Gasteiger partial charge on any atom is -0.469 e. The largest absolute Gasteiger partial charge is 0.469 e. The number of fused-ring (bicyclic) bond motifs is 1. The average molecular weight is 485 g/mol. The fourth-order valence-corrected chi connectivity index (χ4v) is 5.31. The molecule has 2 atom stereocenters. The summed E-state index contributed by atoms with van der Waals surface area (Å²) in [6, 6.07) is 9.61. The second kappa shape index (κ2) is 8.95. The molecule has 1 aromatic heterocycles. The summed E-state index contributed by atoms with van der Waals surface area (Å²) in [5, 5.41) is 4.64. The van der Waals surface area contributed by atoms with Gasteiger partial charge in [-0.05, 0) is 68.4 Å². The van der Waals surface area contributed by atoms with Crippen molar-refractivity contribution in [1.82, 2.24) is 15.2 Å². The van der Waals surface area contributed by atoms with E-state index in [1.54, 1.807) is 6.20 Å². The molecule has 1 aromatic carbocycles. The zero-order valence-corrected chi connectivity index (χ0v) is 21.1. The highest BCUT2D eigenvalue weighted by molar-refractivity contribution is 7.80. The van der Waals surface area contributed by atoms with Gasteiger partial charge in [-0.15, -0.1) is 0 Å². The standard InChI is InChI=1S/C25H29ClN4O2S/c1-15-14-25(2,3)29(4)20-13-18(26)17(12-16(15)20)23-22(19-8-6-7-10-27-19)28-24(33)30(23)11-9-21(31)32-5/h6-8,10,12-14,22-23H,9,11H2,1-5H3,(H,28,33)/t22-,23-/m1/s1. The van der Waals surface area contributed by atoms with E-state index in [0.29, 0.717) is 16.7 Å². The number of methoxy groups -OCH3 is 1. The minimum atomic E-state index is -0.281. The number of nitrogens with zero attached hydrogens (tertiary/aromatic N) is 3. The Bertz CT molecular complexity index is 1120. The van der Waals surface area contributed by atoms with E-state index in [0.717, 1.165) is 22.5 Å². The maximum Gasteiger partial charge on any atom is 0.307 e. The van der Waals surface area contributed by atoms with Crippen LogP contribution in [0.2, 0.25) is 5.02 Å². The maximum atomic E-state index is 11.9. The molecule has 4 rings (SSSR count). The first kappa shape index (κ1) is 23.5. The van der Waals surface area contributed by atoms with E-state index < -0.39 is 0 Å². The highest BCUT2D eigenvalue weighted by atomic mass is 35.5. The van der Waals surface area contributed by atoms with Crippen molar-refractivity contribution >= 4 is 46.2 Å². The molecule has 1 fully saturated rings. The fraction of sp³-hybridized carbons (Fsp3) is 0.400. The Hall–Kier alpha value is -2.64. The number of pyridine rings is 1. The molecule has 2 aromatic rings. The van der Waals surface area contributed by atoms with Gasteiger partial charge in [-0.25, -0.2) is 0 Å². The molecule has 0 aliphatic carbocycles. The van der Waals surface area contributed by atoms with Gasteiger partial charge in [0.15, 0.2) is 5.11 Å². The zero-order chi connectivity index (χ0) is 23.9. The number of aromatic nitrogens is 1. The number of rotatable bonds is 5. The second-order valence-corrected chi connectivity index (χ2v) is 9.87. The van der Waals surface area contributed by atoms with E-state index in [2.05, 4.69) is 55.2 Å². The van der Waals surface area contributed by atoms with Gasteiger partial charge in [0.1, 0.15) is 0 Å². The number of halogens is 1. The predicted octanol–water partition coefficient (Wildman–Crippen LogP) is 4.90. The lowest BCUT2D eigenvalue weighted by atomic mass is 9.86. The summed E-state index contributed by atoms with van der Waals surface area (Å²) in [5.74, 6) is -0.281. The Labute approximate surface area is 205 Å². The number of esters is 1. The van der Waals surface area contributed by atoms with Crippen LogP contribution in [-0.2, 0) is 9.53 Å². The van der Waals surface area contributed by atoms with E-state index in [9.17, 15) is 4.79 Å². The molecule has 0 amide bonds. The maximum absolute atomic E-state index is 11.9. The number of thiocarbonyl (C=S) groups is 1. The van der Waals surface area contributed by atoms with Crippen LogP contribution in [0.15, 0.2) is 42.6 Å². The second-order valence-electron chi connectivity index (χ2n) is 9.08. The molecule has 2 aliphatic rings. The van der Waals surface area contributed by atoms with E-state index in [1.165, 1.54) is 12.7 Å². The molecule has 174 valence electrons. The van der Waals surface area contributed by atoms with Gasteiger partial charge in [-0.3, -0.25) is 9.78 Å². The summed E-state index contributed by atoms with van der Waals surface area (Å²) < 4.78 is 4.86. The molecule has 2 aliphatic heterocycles. The monoisotopic (exact) mass is 484 g/mol. The molecular weight excluding hydrogens is 456 g/mol. The summed E-state index contributed by atoms with van der Waals surface area (Å²) in [4.78, 5) is 20.7. The number of anilines is 1. The van der Waals surface area contributed by atoms with Crippen molar-refractivity contribution < 1.29 is 9.53 Å². The molecule has 1 N–H and O–H groups in total. The topological polar surface area (TPSA) is 57.7 Å². The summed E-state index contributed by atoms with van der Waals surface area (Å²) >= 11 is 12.6. The first-order valence-electron chi connectivity index (χ1n) is 11.0. The third-order valence-electron chi connectivity index (χ3n) is 6.64. The highest BCUT2D eigenvalue weighted by Gasteiger charge is 2.41. The smallest absolute Gasteiger partial charge is 0.307 e. The summed E-state index contributed by atoms with van der Waals surface area (Å²) in [5.41, 5.74) is 5.14. The zero-order valence-electron chi connectivity index (χ0n) is 19.6. The van der Waals surface area contributed by atoms with Gasteiger partial charge in [0, 0.05) is 36.1 Å². The van der Waals surface area contributed by atoms with Crippen molar-refractivity contribution in [2.45, 2.75) is 44.8 Å². The normalized spacial score (nSPS) is 21.4. The third kappa shape index (κ3) is 4.32. The molecule has 0 saturated carbocycles. The average Bonchev–Trinajstić information content (AvgIpc) is 3.11. The van der Waals surface area contributed by atoms with Gasteiger partial charge >= 0.3 is 5.97 Å². The van der Waals surface area contributed by atoms with Crippen molar-refractivity contribution in [2.24, 2.45) is 0 Å². The van der Waals surface area contributed by atoms with Crippen molar-refractivity contribution in [3.05, 3.63) is 64.4 Å². The van der Waals surface area contributed by atoms with Gasteiger partial charge in [-0.2, -0.15) is 0 Å². The van der Waals surface area contributed by atoms with E-state index in [-0.39, 0.29) is 30.0 Å². The quantitative estimate of drug-likeness (QED) is 0.478. The van der Waals surface area contributed by atoms with Gasteiger partial charge in [-0.1, -0.05) is 23.7 Å². The summed E-state index contributed by atoms with van der Waals surface area (Å²) in [6.07, 6.45) is 4.27. The molecule has 0 radical (unpaired) electrons. The van der Waals surface area contributed by atoms with Crippen LogP contribution in [-0.4, -0.2) is 47.2 Å². The van der Waals surface area contributed by atoms with Crippen LogP contribution in [0, 0.1) is 0 Å². The van der Waals surface area contributed by atoms with Crippen molar-refractivity contribution in [1.29, 1.82) is 0 Å². The number of hydrogen-bond donors (Lipinski definition) is 1. The van der Waals surface area contributed by atoms with Crippen molar-refractivity contribution in [2.75, 3.05) is 25.6 Å². The molecule has 8 heteroatoms. The van der Waals surface area contributed by atoms with Crippen LogP contribution in [0.4, 0.5) is 5.69 Å². The Morgan fingerprint density at radius 3 is 2.76 bits per heavy atom. The number of allylic oxidation sites excluding steroid dienone is 1. The van der Waals surface area contributed by atoms with Crippen molar-refractivity contribution in [3.63, 3.8) is 0 Å². The van der Waals surface area contributed by atoms with Gasteiger partial charge < -0.3 is 19.9 Å². The molecule has 0 bridgehead atoms. The predicted molar refractivity (Wildman–Crippen MR) is 136 cm³/mol. The lowest BCUT2D eigenvalue weighted by molar-refractivity contribution is -0.140. The Morgan fingerprint density at radius 1 is 1.33 bits per heavy atom. The van der Waals surface area contributed by atoms with Crippen LogP contribution in [0.1, 0.15) is 56.1 Å². The first-order chi connectivity index (χ1) is 15.6. The van der Waals surface area contributed by atoms with E-state index >= 15 is 0 Å². The molecule has 0 spiro atoms. The highest BCUT2D eigenvalue weighted by Crippen LogP contribution is 2.46. The van der Waals surface area contributed by atoms with Crippen LogP contribution in [0.25, 0.3) is 5.57 Å². The van der Waals surface area contributed by atoms with Gasteiger partial charge in [0.2, 0.25) is 0 Å². The fourth-order valence-electron chi connectivity index (χ4n) is 4.71. The number of likely N-dealkylation sites (N-methyl/N-ethyl adjacent to an activating group) is 1. The Kier molecular flexibility index (Phi) is 6.38. The van der Waals surface area contributed by atoms with Crippen LogP contribution in [0.5, 0.6) is 0 Å². The lowest BCUT2D eigenvalue weighted by Crippen LogP contribution is -2.42. The van der Waals surface area contributed by atoms with Crippen LogP contribution < -0.4 is 10.2 Å². The number of carbonyl (C=O) groups is 1. The van der Waals surface area contributed by atoms with E-state index in [1.807, 2.05) is 29.2 Å². The SMILES string of the molecule is COC(=O)CCN1C(=S)N[C@H](c2ccccn2)[C@H]1c1cc2c(cc1Cl)N(C)C(C)(C)C=C2C. The number of nitrogens with one attached hydrogen (secondary N) is 1. The third-order valence-corrected chi connectivity index (χ3v) is 7.32.